The van der Waals surface area contributed by atoms with E-state index in [1.165, 1.54) is 0 Å². The summed E-state index contributed by atoms with van der Waals surface area (Å²) in [6.45, 7) is 3.06. The molecule has 3 aromatic carbocycles. The van der Waals surface area contributed by atoms with Gasteiger partial charge in [-0.25, -0.2) is 0 Å². The zero-order valence-electron chi connectivity index (χ0n) is 26.0. The van der Waals surface area contributed by atoms with Crippen molar-refractivity contribution in [2.45, 2.75) is 64.6 Å². The number of carbonyl (C=O) groups excluding carboxylic acids is 2. The maximum Gasteiger partial charge on any atom is 0.175 e. The summed E-state index contributed by atoms with van der Waals surface area (Å²) in [6, 6.07) is 19.7. The van der Waals surface area contributed by atoms with Crippen molar-refractivity contribution in [1.82, 2.24) is 4.90 Å². The lowest BCUT2D eigenvalue weighted by atomic mass is 9.71. The van der Waals surface area contributed by atoms with Crippen LogP contribution in [0.3, 0.4) is 0 Å². The van der Waals surface area contributed by atoms with E-state index in [2.05, 4.69) is 20.8 Å². The molecule has 0 fully saturated rings. The first kappa shape index (κ1) is 31.0. The molecule has 7 nitrogen and oxygen atoms in total. The molecule has 8 heteroatoms. The van der Waals surface area contributed by atoms with Gasteiger partial charge >= 0.3 is 0 Å². The summed E-state index contributed by atoms with van der Waals surface area (Å²) >= 11 is 3.75. The van der Waals surface area contributed by atoms with Crippen molar-refractivity contribution in [3.05, 3.63) is 104 Å². The summed E-state index contributed by atoms with van der Waals surface area (Å²) in [6.07, 6.45) is 4.33. The fraction of sp³-hybridized carbons (Fsp3) is 0.351. The molecule has 3 aliphatic rings. The second kappa shape index (κ2) is 13.5. The number of nitrogens with zero attached hydrogens (tertiary/aromatic N) is 1. The van der Waals surface area contributed by atoms with Gasteiger partial charge in [-0.2, -0.15) is 0 Å². The topological polar surface area (TPSA) is 74.3 Å². The molecule has 45 heavy (non-hydrogen) atoms. The van der Waals surface area contributed by atoms with Crippen LogP contribution in [-0.2, 0) is 22.8 Å². The van der Waals surface area contributed by atoms with Crippen LogP contribution in [0.1, 0.15) is 68.1 Å². The number of halogens is 1. The van der Waals surface area contributed by atoms with E-state index in [0.717, 1.165) is 64.9 Å². The zero-order chi connectivity index (χ0) is 31.5. The number of ketones is 2. The molecule has 0 N–H and O–H groups in total. The standard InChI is InChI=1S/C37H38BrNO6/c1-4-43-33-20-25(34-35-27(12-8-14-29(35)40)39(2)28-13-9-15-30(41)36(28)34)19-26(38)37(33)45-22-24-16-17-31(32(18-24)42-3)44-21-23-10-6-5-7-11-23/h5-7,10-11,16-20,34H,4,8-9,12-15,21-22H2,1-3H3. The SMILES string of the molecule is CCOc1cc(C2C3=C(CCCC3=O)N(C)C3=C2C(=O)CCC3)cc(Br)c1OCc1ccc(OCc2ccccc2)c(OC)c1. The minimum Gasteiger partial charge on any atom is -0.493 e. The van der Waals surface area contributed by atoms with Gasteiger partial charge in [0.2, 0.25) is 0 Å². The number of carbonyl (C=O) groups is 2. The van der Waals surface area contributed by atoms with Gasteiger partial charge < -0.3 is 23.8 Å². The molecule has 0 saturated heterocycles. The summed E-state index contributed by atoms with van der Waals surface area (Å²) < 4.78 is 24.8. The van der Waals surface area contributed by atoms with Gasteiger partial charge in [0, 0.05) is 48.3 Å². The summed E-state index contributed by atoms with van der Waals surface area (Å²) in [5.74, 6) is 2.23. The van der Waals surface area contributed by atoms with Crippen LogP contribution >= 0.6 is 15.9 Å². The minimum absolute atomic E-state index is 0.123. The van der Waals surface area contributed by atoms with Crippen molar-refractivity contribution in [2.24, 2.45) is 0 Å². The number of Topliss-reactive ketones (excluding diaryl/α,β-unsaturated/α-hetero) is 2. The summed E-state index contributed by atoms with van der Waals surface area (Å²) in [4.78, 5) is 29.0. The van der Waals surface area contributed by atoms with Crippen molar-refractivity contribution in [2.75, 3.05) is 20.8 Å². The fourth-order valence-electron chi connectivity index (χ4n) is 6.66. The Balaban J connectivity index is 1.29. The molecule has 0 aromatic heterocycles. The molecule has 0 bridgehead atoms. The molecule has 0 atom stereocenters. The highest BCUT2D eigenvalue weighted by atomic mass is 79.9. The van der Waals surface area contributed by atoms with Gasteiger partial charge in [-0.05, 0) is 89.5 Å². The number of methoxy groups -OCH3 is 1. The van der Waals surface area contributed by atoms with Crippen LogP contribution in [0.15, 0.2) is 87.7 Å². The smallest absolute Gasteiger partial charge is 0.175 e. The second-order valence-electron chi connectivity index (χ2n) is 11.6. The molecule has 0 radical (unpaired) electrons. The number of hydrogen-bond donors (Lipinski definition) is 0. The van der Waals surface area contributed by atoms with Crippen molar-refractivity contribution in [3.63, 3.8) is 0 Å². The van der Waals surface area contributed by atoms with Crippen LogP contribution in [0, 0.1) is 0 Å². The Labute approximate surface area is 272 Å². The van der Waals surface area contributed by atoms with Crippen LogP contribution in [0.4, 0.5) is 0 Å². The van der Waals surface area contributed by atoms with E-state index in [0.29, 0.717) is 53.5 Å². The average Bonchev–Trinajstić information content (AvgIpc) is 3.05. The van der Waals surface area contributed by atoms with Crippen LogP contribution < -0.4 is 18.9 Å². The second-order valence-corrected chi connectivity index (χ2v) is 12.4. The van der Waals surface area contributed by atoms with Gasteiger partial charge in [0.05, 0.1) is 18.2 Å². The molecule has 6 rings (SSSR count). The number of benzene rings is 3. The Bertz CT molecular complexity index is 1630. The van der Waals surface area contributed by atoms with E-state index in [1.807, 2.05) is 74.6 Å². The summed E-state index contributed by atoms with van der Waals surface area (Å²) in [7, 11) is 3.63. The predicted octanol–water partition coefficient (Wildman–Crippen LogP) is 8.06. The van der Waals surface area contributed by atoms with Crippen LogP contribution in [0.25, 0.3) is 0 Å². The molecular formula is C37H38BrNO6. The predicted molar refractivity (Wildman–Crippen MR) is 176 cm³/mol. The highest BCUT2D eigenvalue weighted by Gasteiger charge is 2.42. The van der Waals surface area contributed by atoms with Crippen molar-refractivity contribution in [3.8, 4) is 23.0 Å². The maximum atomic E-state index is 13.4. The van der Waals surface area contributed by atoms with Gasteiger partial charge in [0.25, 0.3) is 0 Å². The minimum atomic E-state index is -0.413. The van der Waals surface area contributed by atoms with Gasteiger partial charge in [0.15, 0.2) is 34.6 Å². The Morgan fingerprint density at radius 2 is 1.42 bits per heavy atom. The van der Waals surface area contributed by atoms with Gasteiger partial charge in [-0.1, -0.05) is 36.4 Å². The molecule has 234 valence electrons. The molecule has 2 aliphatic carbocycles. The monoisotopic (exact) mass is 671 g/mol. The van der Waals surface area contributed by atoms with E-state index in [9.17, 15) is 9.59 Å². The third kappa shape index (κ3) is 6.25. The molecule has 0 spiro atoms. The van der Waals surface area contributed by atoms with E-state index >= 15 is 0 Å². The first-order valence-corrected chi connectivity index (χ1v) is 16.4. The quantitative estimate of drug-likeness (QED) is 0.216. The average molecular weight is 673 g/mol. The lowest BCUT2D eigenvalue weighted by Crippen LogP contribution is -2.37. The van der Waals surface area contributed by atoms with E-state index in [-0.39, 0.29) is 18.2 Å². The summed E-state index contributed by atoms with van der Waals surface area (Å²) in [5, 5.41) is 0. The zero-order valence-corrected chi connectivity index (χ0v) is 27.6. The molecular weight excluding hydrogens is 634 g/mol. The van der Waals surface area contributed by atoms with Crippen LogP contribution in [0.2, 0.25) is 0 Å². The first-order valence-electron chi connectivity index (χ1n) is 15.6. The Hall–Kier alpha value is -4.04. The molecule has 0 unspecified atom stereocenters. The maximum absolute atomic E-state index is 13.4. The largest absolute Gasteiger partial charge is 0.493 e. The third-order valence-electron chi connectivity index (χ3n) is 8.76. The van der Waals surface area contributed by atoms with Crippen LogP contribution in [-0.4, -0.2) is 37.2 Å². The van der Waals surface area contributed by atoms with Crippen molar-refractivity contribution < 1.29 is 28.5 Å². The Morgan fingerprint density at radius 3 is 2.07 bits per heavy atom. The number of rotatable bonds is 10. The normalized spacial score (nSPS) is 16.8. The van der Waals surface area contributed by atoms with Crippen LogP contribution in [0.5, 0.6) is 23.0 Å². The summed E-state index contributed by atoms with van der Waals surface area (Å²) in [5.41, 5.74) is 6.43. The first-order chi connectivity index (χ1) is 21.9. The number of allylic oxidation sites excluding steroid dienone is 4. The fourth-order valence-corrected chi connectivity index (χ4v) is 7.23. The van der Waals surface area contributed by atoms with E-state index in [1.54, 1.807) is 7.11 Å². The van der Waals surface area contributed by atoms with Crippen molar-refractivity contribution in [1.29, 1.82) is 0 Å². The van der Waals surface area contributed by atoms with Crippen molar-refractivity contribution >= 4 is 27.5 Å². The third-order valence-corrected chi connectivity index (χ3v) is 9.35. The molecule has 1 heterocycles. The highest BCUT2D eigenvalue weighted by molar-refractivity contribution is 9.10. The molecule has 3 aromatic rings. The number of hydrogen-bond acceptors (Lipinski definition) is 7. The molecule has 1 aliphatic heterocycles. The Kier molecular flexibility index (Phi) is 9.31. The van der Waals surface area contributed by atoms with Gasteiger partial charge in [-0.15, -0.1) is 0 Å². The molecule has 0 amide bonds. The van der Waals surface area contributed by atoms with Gasteiger partial charge in [-0.3, -0.25) is 9.59 Å². The van der Waals surface area contributed by atoms with Gasteiger partial charge in [0.1, 0.15) is 13.2 Å². The van der Waals surface area contributed by atoms with E-state index in [4.69, 9.17) is 18.9 Å². The highest BCUT2D eigenvalue weighted by Crippen LogP contribution is 2.50. The number of ether oxygens (including phenoxy) is 4. The lowest BCUT2D eigenvalue weighted by Gasteiger charge is -2.42. The van der Waals surface area contributed by atoms with E-state index < -0.39 is 5.92 Å². The lowest BCUT2D eigenvalue weighted by molar-refractivity contribution is -0.117. The molecule has 0 saturated carbocycles. The Morgan fingerprint density at radius 1 is 0.756 bits per heavy atom.